The molecule has 1 aromatic carbocycles. The van der Waals surface area contributed by atoms with Gasteiger partial charge in [-0.1, -0.05) is 23.4 Å². The van der Waals surface area contributed by atoms with Crippen LogP contribution in [-0.4, -0.2) is 41.1 Å². The third-order valence-corrected chi connectivity index (χ3v) is 4.27. The van der Waals surface area contributed by atoms with Crippen LogP contribution in [0.15, 0.2) is 28.8 Å². The molecule has 6 nitrogen and oxygen atoms in total. The van der Waals surface area contributed by atoms with Gasteiger partial charge in [0.05, 0.1) is 6.61 Å². The number of carbonyl (C=O) groups excluding carboxylic acids is 1. The van der Waals surface area contributed by atoms with Gasteiger partial charge < -0.3 is 14.2 Å². The van der Waals surface area contributed by atoms with Crippen molar-refractivity contribution in [2.45, 2.75) is 25.4 Å². The maximum atomic E-state index is 12.7. The molecule has 0 aliphatic carbocycles. The van der Waals surface area contributed by atoms with Gasteiger partial charge in [-0.3, -0.25) is 4.79 Å². The molecule has 26 heavy (non-hydrogen) atoms. The maximum absolute atomic E-state index is 12.7. The Labute approximate surface area is 147 Å². The summed E-state index contributed by atoms with van der Waals surface area (Å²) in [5.41, 5.74) is 0.977. The van der Waals surface area contributed by atoms with E-state index in [1.54, 1.807) is 7.05 Å². The van der Waals surface area contributed by atoms with E-state index in [1.165, 1.54) is 4.90 Å². The van der Waals surface area contributed by atoms with Crippen LogP contribution in [0.1, 0.15) is 23.7 Å². The largest absolute Gasteiger partial charge is 0.493 e. The van der Waals surface area contributed by atoms with Crippen molar-refractivity contribution in [2.75, 3.05) is 20.2 Å². The first-order valence-electron chi connectivity index (χ1n) is 8.20. The molecule has 0 N–H and O–H groups in total. The summed E-state index contributed by atoms with van der Waals surface area (Å²) in [7, 11) is 1.62. The van der Waals surface area contributed by atoms with Crippen LogP contribution in [0.3, 0.4) is 0 Å². The molecule has 0 spiro atoms. The highest BCUT2D eigenvalue weighted by atomic mass is 19.4. The summed E-state index contributed by atoms with van der Waals surface area (Å²) in [6, 6.07) is 7.58. The zero-order chi connectivity index (χ0) is 18.7. The molecular weight excluding hydrogens is 351 g/mol. The van der Waals surface area contributed by atoms with Gasteiger partial charge in [0.25, 0.3) is 0 Å². The summed E-state index contributed by atoms with van der Waals surface area (Å²) in [5, 5.41) is 3.31. The molecule has 0 saturated heterocycles. The highest BCUT2D eigenvalue weighted by Crippen LogP contribution is 2.28. The number of aromatic nitrogens is 2. The number of likely N-dealkylation sites (N-methyl/N-ethyl adjacent to an activating group) is 1. The number of rotatable bonds is 4. The summed E-state index contributed by atoms with van der Waals surface area (Å²) in [4.78, 5) is 17.5. The Hall–Kier alpha value is -2.58. The predicted molar refractivity (Wildman–Crippen MR) is 84.4 cm³/mol. The number of benzene rings is 1. The Bertz CT molecular complexity index is 776. The van der Waals surface area contributed by atoms with Crippen LogP contribution in [0.2, 0.25) is 0 Å². The van der Waals surface area contributed by atoms with E-state index in [9.17, 15) is 18.0 Å². The first-order valence-corrected chi connectivity index (χ1v) is 8.20. The summed E-state index contributed by atoms with van der Waals surface area (Å²) in [5.74, 6) is -0.980. The van der Waals surface area contributed by atoms with Crippen LogP contribution < -0.4 is 4.74 Å². The average Bonchev–Trinajstić information content (AvgIpc) is 2.99. The third-order valence-electron chi connectivity index (χ3n) is 4.27. The summed E-state index contributed by atoms with van der Waals surface area (Å²) >= 11 is 0. The number of para-hydroxylation sites is 1. The van der Waals surface area contributed by atoms with Crippen LogP contribution in [-0.2, 0) is 23.8 Å². The lowest BCUT2D eigenvalue weighted by Crippen LogP contribution is -2.35. The second-order valence-corrected chi connectivity index (χ2v) is 6.17. The predicted octanol–water partition coefficient (Wildman–Crippen LogP) is 2.73. The Morgan fingerprint density at radius 3 is 2.85 bits per heavy atom. The topological polar surface area (TPSA) is 68.5 Å². The fourth-order valence-corrected chi connectivity index (χ4v) is 2.86. The third kappa shape index (κ3) is 4.14. The molecule has 0 radical (unpaired) electrons. The molecule has 1 amide bonds. The van der Waals surface area contributed by atoms with Gasteiger partial charge in [-0.15, -0.1) is 0 Å². The molecular formula is C17H18F3N3O3. The molecule has 1 aliphatic heterocycles. The van der Waals surface area contributed by atoms with E-state index in [2.05, 4.69) is 14.7 Å². The van der Waals surface area contributed by atoms with E-state index in [0.29, 0.717) is 19.4 Å². The number of hydrogen-bond donors (Lipinski definition) is 0. The number of ether oxygens (including phenoxy) is 1. The van der Waals surface area contributed by atoms with Crippen molar-refractivity contribution in [1.29, 1.82) is 0 Å². The first kappa shape index (κ1) is 18.2. The van der Waals surface area contributed by atoms with Gasteiger partial charge in [0.15, 0.2) is 5.82 Å². The Morgan fingerprint density at radius 1 is 1.35 bits per heavy atom. The van der Waals surface area contributed by atoms with Crippen LogP contribution in [0, 0.1) is 5.92 Å². The van der Waals surface area contributed by atoms with Crippen LogP contribution >= 0.6 is 0 Å². The molecule has 0 fully saturated rings. The molecule has 1 aliphatic rings. The highest BCUT2D eigenvalue weighted by molar-refractivity contribution is 5.79. The Balaban J connectivity index is 1.58. The lowest BCUT2D eigenvalue weighted by atomic mass is 9.95. The van der Waals surface area contributed by atoms with Crippen molar-refractivity contribution < 1.29 is 27.2 Å². The van der Waals surface area contributed by atoms with Crippen molar-refractivity contribution in [3.05, 3.63) is 41.5 Å². The molecule has 2 heterocycles. The van der Waals surface area contributed by atoms with Crippen molar-refractivity contribution in [3.63, 3.8) is 0 Å². The molecule has 2 aromatic rings. The minimum atomic E-state index is -4.67. The van der Waals surface area contributed by atoms with E-state index in [1.807, 2.05) is 24.3 Å². The SMILES string of the molecule is CN(CCc1noc(C(F)(F)F)n1)C(=O)[C@H]1CCOc2ccccc2C1. The van der Waals surface area contributed by atoms with Gasteiger partial charge in [-0.05, 0) is 24.5 Å². The molecule has 0 bridgehead atoms. The van der Waals surface area contributed by atoms with Gasteiger partial charge in [-0.25, -0.2) is 0 Å². The van der Waals surface area contributed by atoms with E-state index in [-0.39, 0.29) is 30.6 Å². The molecule has 140 valence electrons. The zero-order valence-corrected chi connectivity index (χ0v) is 14.1. The molecule has 1 aromatic heterocycles. The van der Waals surface area contributed by atoms with Crippen molar-refractivity contribution in [1.82, 2.24) is 15.0 Å². The van der Waals surface area contributed by atoms with E-state index >= 15 is 0 Å². The molecule has 3 rings (SSSR count). The second kappa shape index (κ2) is 7.35. The molecule has 0 unspecified atom stereocenters. The normalized spacial score (nSPS) is 17.2. The second-order valence-electron chi connectivity index (χ2n) is 6.17. The van der Waals surface area contributed by atoms with E-state index in [0.717, 1.165) is 11.3 Å². The number of fused-ring (bicyclic) bond motifs is 1. The monoisotopic (exact) mass is 369 g/mol. The van der Waals surface area contributed by atoms with Crippen molar-refractivity contribution in [2.24, 2.45) is 5.92 Å². The standard InChI is InChI=1S/C17H18F3N3O3/c1-23(8-6-14-21-16(26-22-14)17(18,19)20)15(24)12-7-9-25-13-5-3-2-4-11(13)10-12/h2-5,12H,6-10H2,1H3/t12-/m0/s1. The van der Waals surface area contributed by atoms with E-state index in [4.69, 9.17) is 4.74 Å². The van der Waals surface area contributed by atoms with Gasteiger partial charge in [-0.2, -0.15) is 18.2 Å². The number of halogens is 3. The number of alkyl halides is 3. The van der Waals surface area contributed by atoms with Gasteiger partial charge in [0.2, 0.25) is 5.91 Å². The summed E-state index contributed by atoms with van der Waals surface area (Å²) in [6.45, 7) is 0.649. The van der Waals surface area contributed by atoms with Gasteiger partial charge in [0, 0.05) is 25.9 Å². The lowest BCUT2D eigenvalue weighted by molar-refractivity contribution is -0.159. The lowest BCUT2D eigenvalue weighted by Gasteiger charge is -2.22. The minimum Gasteiger partial charge on any atom is -0.493 e. The number of nitrogens with zero attached hydrogens (tertiary/aromatic N) is 3. The fourth-order valence-electron chi connectivity index (χ4n) is 2.86. The highest BCUT2D eigenvalue weighted by Gasteiger charge is 2.38. The van der Waals surface area contributed by atoms with Crippen molar-refractivity contribution >= 4 is 5.91 Å². The van der Waals surface area contributed by atoms with Gasteiger partial charge in [0.1, 0.15) is 5.75 Å². The van der Waals surface area contributed by atoms with E-state index < -0.39 is 12.1 Å². The molecule has 1 atom stereocenters. The van der Waals surface area contributed by atoms with Crippen LogP contribution in [0.5, 0.6) is 5.75 Å². The Morgan fingerprint density at radius 2 is 2.12 bits per heavy atom. The van der Waals surface area contributed by atoms with Crippen LogP contribution in [0.25, 0.3) is 0 Å². The van der Waals surface area contributed by atoms with Crippen molar-refractivity contribution in [3.8, 4) is 5.75 Å². The Kier molecular flexibility index (Phi) is 5.15. The fraction of sp³-hybridized carbons (Fsp3) is 0.471. The number of hydrogen-bond acceptors (Lipinski definition) is 5. The summed E-state index contributed by atoms with van der Waals surface area (Å²) < 4.78 is 47.2. The smallest absolute Gasteiger partial charge is 0.471 e. The zero-order valence-electron chi connectivity index (χ0n) is 14.1. The quantitative estimate of drug-likeness (QED) is 0.829. The number of amides is 1. The molecule has 9 heteroatoms. The average molecular weight is 369 g/mol. The minimum absolute atomic E-state index is 0.0773. The van der Waals surface area contributed by atoms with Gasteiger partial charge >= 0.3 is 12.1 Å². The number of carbonyl (C=O) groups is 1. The first-order chi connectivity index (χ1) is 12.3. The van der Waals surface area contributed by atoms with Crippen LogP contribution in [0.4, 0.5) is 13.2 Å². The summed E-state index contributed by atoms with van der Waals surface area (Å²) in [6.07, 6.45) is -3.43. The molecule has 0 saturated carbocycles. The maximum Gasteiger partial charge on any atom is 0.471 e.